The molecule has 1 aliphatic carbocycles. The molecule has 0 bridgehead atoms. The van der Waals surface area contributed by atoms with Crippen molar-refractivity contribution in [3.8, 4) is 0 Å². The van der Waals surface area contributed by atoms with E-state index >= 15 is 0 Å². The summed E-state index contributed by atoms with van der Waals surface area (Å²) >= 11 is 0. The smallest absolute Gasteiger partial charge is 0.211 e. The van der Waals surface area contributed by atoms with Crippen LogP contribution in [0, 0.1) is 0 Å². The Morgan fingerprint density at radius 3 is 2.53 bits per heavy atom. The first-order chi connectivity index (χ1) is 8.05. The molecule has 0 radical (unpaired) electrons. The van der Waals surface area contributed by atoms with E-state index in [0.717, 1.165) is 19.5 Å². The van der Waals surface area contributed by atoms with Crippen molar-refractivity contribution < 1.29 is 8.42 Å². The standard InChI is InChI=1S/C11H25N3O2S/c1-12-7-3-4-10-17(15,16)13-8-9-14(2)11-5-6-11/h11-13H,3-10H2,1-2H3. The summed E-state index contributed by atoms with van der Waals surface area (Å²) in [5.74, 6) is 0.238. The summed E-state index contributed by atoms with van der Waals surface area (Å²) in [4.78, 5) is 2.23. The van der Waals surface area contributed by atoms with Crippen LogP contribution in [0.4, 0.5) is 0 Å². The number of rotatable bonds is 10. The van der Waals surface area contributed by atoms with Crippen molar-refractivity contribution in [2.75, 3.05) is 39.5 Å². The predicted molar refractivity (Wildman–Crippen MR) is 70.6 cm³/mol. The normalized spacial score (nSPS) is 16.6. The maximum atomic E-state index is 11.6. The van der Waals surface area contributed by atoms with Gasteiger partial charge in [-0.2, -0.15) is 0 Å². The molecule has 0 aromatic carbocycles. The van der Waals surface area contributed by atoms with Crippen LogP contribution in [0.15, 0.2) is 0 Å². The fraction of sp³-hybridized carbons (Fsp3) is 1.00. The topological polar surface area (TPSA) is 61.4 Å². The van der Waals surface area contributed by atoms with Gasteiger partial charge in [0.05, 0.1) is 5.75 Å². The number of sulfonamides is 1. The highest BCUT2D eigenvalue weighted by molar-refractivity contribution is 7.89. The molecule has 0 heterocycles. The molecule has 1 fully saturated rings. The number of unbranched alkanes of at least 4 members (excludes halogenated alkanes) is 1. The second kappa shape index (κ2) is 7.31. The van der Waals surface area contributed by atoms with Gasteiger partial charge in [-0.25, -0.2) is 13.1 Å². The van der Waals surface area contributed by atoms with Gasteiger partial charge in [-0.05, 0) is 46.3 Å². The van der Waals surface area contributed by atoms with E-state index in [-0.39, 0.29) is 5.75 Å². The molecule has 0 unspecified atom stereocenters. The molecule has 1 aliphatic rings. The molecule has 0 spiro atoms. The Kier molecular flexibility index (Phi) is 6.40. The maximum absolute atomic E-state index is 11.6. The quantitative estimate of drug-likeness (QED) is 0.545. The third-order valence-corrected chi connectivity index (χ3v) is 4.52. The van der Waals surface area contributed by atoms with Gasteiger partial charge in [0.15, 0.2) is 0 Å². The monoisotopic (exact) mass is 263 g/mol. The van der Waals surface area contributed by atoms with Gasteiger partial charge in [0, 0.05) is 19.1 Å². The third kappa shape index (κ3) is 6.98. The van der Waals surface area contributed by atoms with Crippen molar-refractivity contribution >= 4 is 10.0 Å². The Bertz CT molecular complexity index is 302. The number of nitrogens with zero attached hydrogens (tertiary/aromatic N) is 1. The van der Waals surface area contributed by atoms with E-state index in [0.29, 0.717) is 19.0 Å². The van der Waals surface area contributed by atoms with Gasteiger partial charge in [-0.1, -0.05) is 0 Å². The van der Waals surface area contributed by atoms with Crippen LogP contribution in [0.2, 0.25) is 0 Å². The Hall–Kier alpha value is -0.170. The van der Waals surface area contributed by atoms with E-state index in [1.807, 2.05) is 7.05 Å². The summed E-state index contributed by atoms with van der Waals surface area (Å²) in [5.41, 5.74) is 0. The van der Waals surface area contributed by atoms with Crippen LogP contribution in [0.5, 0.6) is 0 Å². The van der Waals surface area contributed by atoms with Crippen molar-refractivity contribution in [2.24, 2.45) is 0 Å². The molecular formula is C11H25N3O2S. The van der Waals surface area contributed by atoms with E-state index in [1.165, 1.54) is 12.8 Å². The molecule has 0 aliphatic heterocycles. The molecule has 1 rings (SSSR count). The molecule has 0 atom stereocenters. The highest BCUT2D eigenvalue weighted by Gasteiger charge is 2.25. The molecule has 102 valence electrons. The minimum Gasteiger partial charge on any atom is -0.320 e. The lowest BCUT2D eigenvalue weighted by molar-refractivity contribution is 0.329. The molecule has 0 aromatic heterocycles. The van der Waals surface area contributed by atoms with Crippen LogP contribution in [-0.4, -0.2) is 58.8 Å². The van der Waals surface area contributed by atoms with Gasteiger partial charge in [-0.3, -0.25) is 0 Å². The SMILES string of the molecule is CNCCCCS(=O)(=O)NCCN(C)C1CC1. The number of likely N-dealkylation sites (N-methyl/N-ethyl adjacent to an activating group) is 1. The average Bonchev–Trinajstić information content (AvgIpc) is 3.08. The highest BCUT2D eigenvalue weighted by Crippen LogP contribution is 2.24. The summed E-state index contributed by atoms with van der Waals surface area (Å²) in [5, 5.41) is 3.01. The molecule has 2 N–H and O–H groups in total. The van der Waals surface area contributed by atoms with Gasteiger partial charge >= 0.3 is 0 Å². The Labute approximate surface area is 105 Å². The number of nitrogens with one attached hydrogen (secondary N) is 2. The molecule has 0 saturated heterocycles. The van der Waals surface area contributed by atoms with E-state index < -0.39 is 10.0 Å². The van der Waals surface area contributed by atoms with Crippen molar-refractivity contribution in [3.05, 3.63) is 0 Å². The van der Waals surface area contributed by atoms with Crippen LogP contribution in [-0.2, 0) is 10.0 Å². The van der Waals surface area contributed by atoms with Crippen molar-refractivity contribution in [2.45, 2.75) is 31.7 Å². The number of hydrogen-bond acceptors (Lipinski definition) is 4. The highest BCUT2D eigenvalue weighted by atomic mass is 32.2. The first kappa shape index (κ1) is 14.9. The molecule has 0 amide bonds. The van der Waals surface area contributed by atoms with E-state index in [1.54, 1.807) is 0 Å². The fourth-order valence-corrected chi connectivity index (χ4v) is 2.87. The average molecular weight is 263 g/mol. The number of hydrogen-bond donors (Lipinski definition) is 2. The lowest BCUT2D eigenvalue weighted by Gasteiger charge is -2.15. The van der Waals surface area contributed by atoms with E-state index in [9.17, 15) is 8.42 Å². The fourth-order valence-electron chi connectivity index (χ4n) is 1.74. The first-order valence-electron chi connectivity index (χ1n) is 6.37. The zero-order valence-electron chi connectivity index (χ0n) is 10.9. The molecule has 6 heteroatoms. The Morgan fingerprint density at radius 2 is 1.94 bits per heavy atom. The van der Waals surface area contributed by atoms with Crippen molar-refractivity contribution in [3.63, 3.8) is 0 Å². The predicted octanol–water partition coefficient (Wildman–Crippen LogP) is -0.000400. The van der Waals surface area contributed by atoms with Crippen molar-refractivity contribution in [1.82, 2.24) is 14.9 Å². The molecule has 1 saturated carbocycles. The van der Waals surface area contributed by atoms with Gasteiger partial charge in [-0.15, -0.1) is 0 Å². The molecule has 5 nitrogen and oxygen atoms in total. The van der Waals surface area contributed by atoms with Gasteiger partial charge in [0.1, 0.15) is 0 Å². The maximum Gasteiger partial charge on any atom is 0.211 e. The third-order valence-electron chi connectivity index (χ3n) is 3.05. The summed E-state index contributed by atoms with van der Waals surface area (Å²) in [6.45, 7) is 2.21. The minimum absolute atomic E-state index is 0.238. The Morgan fingerprint density at radius 1 is 1.24 bits per heavy atom. The van der Waals surface area contributed by atoms with Crippen LogP contribution < -0.4 is 10.0 Å². The largest absolute Gasteiger partial charge is 0.320 e. The summed E-state index contributed by atoms with van der Waals surface area (Å²) in [7, 11) is 0.862. The zero-order chi connectivity index (χ0) is 12.7. The van der Waals surface area contributed by atoms with Crippen LogP contribution in [0.1, 0.15) is 25.7 Å². The second-order valence-corrected chi connectivity index (χ2v) is 6.66. The van der Waals surface area contributed by atoms with Crippen LogP contribution >= 0.6 is 0 Å². The van der Waals surface area contributed by atoms with Crippen LogP contribution in [0.25, 0.3) is 0 Å². The Balaban J connectivity index is 2.06. The molecule has 17 heavy (non-hydrogen) atoms. The second-order valence-electron chi connectivity index (χ2n) is 4.74. The molecule has 0 aromatic rings. The summed E-state index contributed by atoms with van der Waals surface area (Å²) in [6, 6.07) is 0.690. The van der Waals surface area contributed by atoms with Gasteiger partial charge < -0.3 is 10.2 Å². The minimum atomic E-state index is -3.07. The van der Waals surface area contributed by atoms with E-state index in [4.69, 9.17) is 0 Å². The lowest BCUT2D eigenvalue weighted by Crippen LogP contribution is -2.35. The van der Waals surface area contributed by atoms with Crippen LogP contribution in [0.3, 0.4) is 0 Å². The van der Waals surface area contributed by atoms with Crippen molar-refractivity contribution in [1.29, 1.82) is 0 Å². The zero-order valence-corrected chi connectivity index (χ0v) is 11.7. The summed E-state index contributed by atoms with van der Waals surface area (Å²) < 4.78 is 25.9. The van der Waals surface area contributed by atoms with Gasteiger partial charge in [0.2, 0.25) is 10.0 Å². The van der Waals surface area contributed by atoms with Gasteiger partial charge in [0.25, 0.3) is 0 Å². The van der Waals surface area contributed by atoms with E-state index in [2.05, 4.69) is 22.0 Å². The lowest BCUT2D eigenvalue weighted by atomic mass is 10.3. The first-order valence-corrected chi connectivity index (χ1v) is 8.02. The molecular weight excluding hydrogens is 238 g/mol. The summed E-state index contributed by atoms with van der Waals surface area (Å²) in [6.07, 6.45) is 4.13.